The fourth-order valence-electron chi connectivity index (χ4n) is 1.98. The minimum atomic E-state index is -0.0713. The number of carbonyl (C=O) groups excluding carboxylic acids is 1. The Morgan fingerprint density at radius 2 is 2.25 bits per heavy atom. The van der Waals surface area contributed by atoms with Gasteiger partial charge in [-0.3, -0.25) is 9.78 Å². The van der Waals surface area contributed by atoms with Crippen LogP contribution in [0.4, 0.5) is 0 Å². The van der Waals surface area contributed by atoms with Crippen LogP contribution in [0, 0.1) is 5.92 Å². The highest BCUT2D eigenvalue weighted by Crippen LogP contribution is 2.30. The monoisotopic (exact) mass is 276 g/mol. The first kappa shape index (κ1) is 14.3. The topological polar surface area (TPSA) is 91.8 Å². The second-order valence-electron chi connectivity index (χ2n) is 5.41. The van der Waals surface area contributed by atoms with Crippen LogP contribution in [0.25, 0.3) is 0 Å². The van der Waals surface area contributed by atoms with Gasteiger partial charge in [0.15, 0.2) is 5.84 Å². The number of pyridine rings is 1. The van der Waals surface area contributed by atoms with E-state index in [9.17, 15) is 4.79 Å². The molecule has 1 saturated carbocycles. The quantitative estimate of drug-likeness (QED) is 0.368. The van der Waals surface area contributed by atoms with Gasteiger partial charge in [0.25, 0.3) is 5.91 Å². The van der Waals surface area contributed by atoms with Crippen LogP contribution >= 0.6 is 0 Å². The lowest BCUT2D eigenvalue weighted by molar-refractivity contribution is 0.0690. The number of hydrogen-bond donors (Lipinski definition) is 2. The summed E-state index contributed by atoms with van der Waals surface area (Å²) in [6, 6.07) is 3.39. The molecule has 1 aliphatic rings. The highest BCUT2D eigenvalue weighted by atomic mass is 16.4. The van der Waals surface area contributed by atoms with Crippen LogP contribution in [-0.2, 0) is 0 Å². The van der Waals surface area contributed by atoms with Crippen molar-refractivity contribution in [3.8, 4) is 0 Å². The number of amides is 1. The second kappa shape index (κ2) is 5.90. The average Bonchev–Trinajstić information content (AvgIpc) is 3.27. The molecule has 1 amide bonds. The van der Waals surface area contributed by atoms with Crippen molar-refractivity contribution >= 4 is 11.7 Å². The molecule has 0 saturated heterocycles. The van der Waals surface area contributed by atoms with E-state index in [-0.39, 0.29) is 17.8 Å². The third kappa shape index (κ3) is 3.26. The zero-order valence-corrected chi connectivity index (χ0v) is 11.8. The Labute approximate surface area is 118 Å². The zero-order valence-electron chi connectivity index (χ0n) is 11.8. The third-order valence-electron chi connectivity index (χ3n) is 3.42. The summed E-state index contributed by atoms with van der Waals surface area (Å²) < 4.78 is 0. The van der Waals surface area contributed by atoms with Gasteiger partial charge in [0.2, 0.25) is 0 Å². The van der Waals surface area contributed by atoms with Crippen molar-refractivity contribution in [2.75, 3.05) is 6.54 Å². The molecule has 6 heteroatoms. The molecular formula is C14H20N4O2. The molecule has 6 nitrogen and oxygen atoms in total. The van der Waals surface area contributed by atoms with Gasteiger partial charge >= 0.3 is 0 Å². The molecular weight excluding hydrogens is 256 g/mol. The Morgan fingerprint density at radius 1 is 1.55 bits per heavy atom. The molecule has 0 aromatic carbocycles. The summed E-state index contributed by atoms with van der Waals surface area (Å²) in [7, 11) is 0. The minimum Gasteiger partial charge on any atom is -0.409 e. The Bertz CT molecular complexity index is 506. The molecule has 0 aliphatic heterocycles. The zero-order chi connectivity index (χ0) is 14.7. The summed E-state index contributed by atoms with van der Waals surface area (Å²) in [4.78, 5) is 18.4. The Morgan fingerprint density at radius 3 is 2.70 bits per heavy atom. The first-order chi connectivity index (χ1) is 9.52. The van der Waals surface area contributed by atoms with Crippen LogP contribution in [0.1, 0.15) is 42.7 Å². The maximum absolute atomic E-state index is 12.5. The van der Waals surface area contributed by atoms with Crippen molar-refractivity contribution in [1.82, 2.24) is 9.88 Å². The fraction of sp³-hybridized carbons (Fsp3) is 0.500. The smallest absolute Gasteiger partial charge is 0.272 e. The third-order valence-corrected chi connectivity index (χ3v) is 3.42. The van der Waals surface area contributed by atoms with Gasteiger partial charge < -0.3 is 15.8 Å². The maximum Gasteiger partial charge on any atom is 0.272 e. The van der Waals surface area contributed by atoms with E-state index < -0.39 is 0 Å². The van der Waals surface area contributed by atoms with Gasteiger partial charge in [0.1, 0.15) is 5.69 Å². The summed E-state index contributed by atoms with van der Waals surface area (Å²) in [5.41, 5.74) is 6.34. The number of rotatable bonds is 5. The number of amidine groups is 1. The lowest BCUT2D eigenvalue weighted by Gasteiger charge is -2.26. The molecule has 1 fully saturated rings. The molecule has 0 atom stereocenters. The molecule has 0 spiro atoms. The van der Waals surface area contributed by atoms with Crippen LogP contribution in [0.5, 0.6) is 0 Å². The highest BCUT2D eigenvalue weighted by Gasteiger charge is 2.29. The van der Waals surface area contributed by atoms with Crippen molar-refractivity contribution in [3.05, 3.63) is 29.6 Å². The van der Waals surface area contributed by atoms with E-state index in [1.54, 1.807) is 12.1 Å². The summed E-state index contributed by atoms with van der Waals surface area (Å²) in [5, 5.41) is 11.5. The van der Waals surface area contributed by atoms with E-state index in [0.29, 0.717) is 17.2 Å². The van der Waals surface area contributed by atoms with Crippen molar-refractivity contribution < 1.29 is 10.0 Å². The largest absolute Gasteiger partial charge is 0.409 e. The minimum absolute atomic E-state index is 0.0183. The van der Waals surface area contributed by atoms with Gasteiger partial charge in [-0.1, -0.05) is 5.16 Å². The lowest BCUT2D eigenvalue weighted by atomic mass is 10.2. The van der Waals surface area contributed by atoms with Gasteiger partial charge in [-0.2, -0.15) is 0 Å². The molecule has 0 unspecified atom stereocenters. The van der Waals surface area contributed by atoms with E-state index in [1.807, 2.05) is 18.7 Å². The number of carbonyl (C=O) groups is 1. The fourth-order valence-corrected chi connectivity index (χ4v) is 1.98. The maximum atomic E-state index is 12.5. The van der Waals surface area contributed by atoms with Gasteiger partial charge in [0, 0.05) is 24.3 Å². The predicted molar refractivity (Wildman–Crippen MR) is 75.6 cm³/mol. The van der Waals surface area contributed by atoms with E-state index in [1.165, 1.54) is 19.0 Å². The second-order valence-corrected chi connectivity index (χ2v) is 5.41. The standard InChI is InChI=1S/C14H20N4O2/c1-9(2)18(8-10-3-4-10)14(19)12-6-5-11(7-16-12)13(15)17-20/h5-7,9-10,20H,3-4,8H2,1-2H3,(H2,15,17). The molecule has 20 heavy (non-hydrogen) atoms. The molecule has 1 aromatic rings. The number of nitrogens with two attached hydrogens (primary N) is 1. The number of nitrogens with zero attached hydrogens (tertiary/aromatic N) is 3. The summed E-state index contributed by atoms with van der Waals surface area (Å²) in [5.74, 6) is 0.547. The molecule has 2 rings (SSSR count). The van der Waals surface area contributed by atoms with Crippen LogP contribution in [0.15, 0.2) is 23.5 Å². The average molecular weight is 276 g/mol. The van der Waals surface area contributed by atoms with Gasteiger partial charge in [-0.25, -0.2) is 0 Å². The lowest BCUT2D eigenvalue weighted by Crippen LogP contribution is -2.39. The SMILES string of the molecule is CC(C)N(CC1CC1)C(=O)c1ccc(C(N)=NO)cn1. The molecule has 1 aliphatic carbocycles. The first-order valence-electron chi connectivity index (χ1n) is 6.78. The van der Waals surface area contributed by atoms with E-state index in [4.69, 9.17) is 10.9 Å². The van der Waals surface area contributed by atoms with E-state index in [2.05, 4.69) is 10.1 Å². The Hall–Kier alpha value is -2.11. The van der Waals surface area contributed by atoms with Gasteiger partial charge in [-0.15, -0.1) is 0 Å². The molecule has 1 heterocycles. The molecule has 1 aromatic heterocycles. The van der Waals surface area contributed by atoms with E-state index in [0.717, 1.165) is 6.54 Å². The molecule has 0 radical (unpaired) electrons. The molecule has 108 valence electrons. The number of aromatic nitrogens is 1. The van der Waals surface area contributed by atoms with E-state index >= 15 is 0 Å². The van der Waals surface area contributed by atoms with Crippen LogP contribution in [-0.4, -0.2) is 39.4 Å². The van der Waals surface area contributed by atoms with Crippen LogP contribution in [0.2, 0.25) is 0 Å². The Balaban J connectivity index is 2.14. The van der Waals surface area contributed by atoms with Gasteiger partial charge in [0.05, 0.1) is 0 Å². The normalized spacial score (nSPS) is 15.4. The van der Waals surface area contributed by atoms with Crippen LogP contribution in [0.3, 0.4) is 0 Å². The molecule has 0 bridgehead atoms. The summed E-state index contributed by atoms with van der Waals surface area (Å²) >= 11 is 0. The van der Waals surface area contributed by atoms with Gasteiger partial charge in [-0.05, 0) is 44.7 Å². The first-order valence-corrected chi connectivity index (χ1v) is 6.78. The summed E-state index contributed by atoms with van der Waals surface area (Å²) in [6.45, 7) is 4.80. The van der Waals surface area contributed by atoms with Crippen molar-refractivity contribution in [2.45, 2.75) is 32.7 Å². The number of oxime groups is 1. The molecule has 3 N–H and O–H groups in total. The predicted octanol–water partition coefficient (Wildman–Crippen LogP) is 1.44. The summed E-state index contributed by atoms with van der Waals surface area (Å²) in [6.07, 6.45) is 3.84. The van der Waals surface area contributed by atoms with Crippen LogP contribution < -0.4 is 5.73 Å². The number of hydrogen-bond acceptors (Lipinski definition) is 4. The van der Waals surface area contributed by atoms with Crippen molar-refractivity contribution in [2.24, 2.45) is 16.8 Å². The highest BCUT2D eigenvalue weighted by molar-refractivity contribution is 5.98. The van der Waals surface area contributed by atoms with Crippen molar-refractivity contribution in [3.63, 3.8) is 0 Å². The Kier molecular flexibility index (Phi) is 4.22. The van der Waals surface area contributed by atoms with Crippen molar-refractivity contribution in [1.29, 1.82) is 0 Å².